The van der Waals surface area contributed by atoms with Gasteiger partial charge in [-0.2, -0.15) is 0 Å². The number of carbonyl (C=O) groups excluding carboxylic acids is 3. The van der Waals surface area contributed by atoms with Gasteiger partial charge in [0, 0.05) is 4.88 Å². The minimum absolute atomic E-state index is 0.161. The summed E-state index contributed by atoms with van der Waals surface area (Å²) in [5.74, 6) is -1.00. The summed E-state index contributed by atoms with van der Waals surface area (Å²) in [7, 11) is 1.31. The van der Waals surface area contributed by atoms with Crippen LogP contribution in [0.3, 0.4) is 0 Å². The second-order valence-corrected chi connectivity index (χ2v) is 7.40. The molecule has 2 amide bonds. The van der Waals surface area contributed by atoms with Gasteiger partial charge >= 0.3 is 5.97 Å². The van der Waals surface area contributed by atoms with Crippen LogP contribution >= 0.6 is 11.3 Å². The van der Waals surface area contributed by atoms with Crippen LogP contribution in [-0.4, -0.2) is 24.9 Å². The summed E-state index contributed by atoms with van der Waals surface area (Å²) < 4.78 is 4.82. The molecule has 2 heterocycles. The number of fused-ring (bicyclic) bond motifs is 5. The van der Waals surface area contributed by atoms with Crippen molar-refractivity contribution < 1.29 is 19.1 Å². The molecule has 1 aliphatic heterocycles. The number of rotatable bonds is 3. The van der Waals surface area contributed by atoms with Crippen molar-refractivity contribution in [2.45, 2.75) is 19.8 Å². The van der Waals surface area contributed by atoms with Crippen LogP contribution in [0.1, 0.15) is 28.6 Å². The Balaban J connectivity index is 1.77. The van der Waals surface area contributed by atoms with E-state index in [0.29, 0.717) is 10.6 Å². The van der Waals surface area contributed by atoms with Crippen molar-refractivity contribution in [3.05, 3.63) is 28.7 Å². The number of imide groups is 1. The monoisotopic (exact) mass is 331 g/mol. The van der Waals surface area contributed by atoms with E-state index in [-0.39, 0.29) is 35.5 Å². The third-order valence-corrected chi connectivity index (χ3v) is 6.46. The molecule has 1 saturated carbocycles. The lowest BCUT2D eigenvalue weighted by Crippen LogP contribution is -2.33. The maximum absolute atomic E-state index is 12.9. The minimum atomic E-state index is -0.505. The highest BCUT2D eigenvalue weighted by atomic mass is 32.1. The van der Waals surface area contributed by atoms with Gasteiger partial charge in [-0.3, -0.25) is 9.59 Å². The van der Waals surface area contributed by atoms with Gasteiger partial charge in [0.25, 0.3) is 0 Å². The zero-order valence-electron chi connectivity index (χ0n) is 12.9. The van der Waals surface area contributed by atoms with E-state index >= 15 is 0 Å². The van der Waals surface area contributed by atoms with Crippen molar-refractivity contribution in [1.29, 1.82) is 0 Å². The van der Waals surface area contributed by atoms with Gasteiger partial charge in [0.15, 0.2) is 0 Å². The van der Waals surface area contributed by atoms with E-state index in [2.05, 4.69) is 12.2 Å². The molecule has 23 heavy (non-hydrogen) atoms. The van der Waals surface area contributed by atoms with Crippen molar-refractivity contribution in [2.75, 3.05) is 12.0 Å². The Morgan fingerprint density at radius 2 is 1.87 bits per heavy atom. The molecule has 0 aromatic carbocycles. The van der Waals surface area contributed by atoms with Gasteiger partial charge < -0.3 is 4.74 Å². The highest BCUT2D eigenvalue weighted by Crippen LogP contribution is 2.54. The topological polar surface area (TPSA) is 63.7 Å². The smallest absolute Gasteiger partial charge is 0.340 e. The average molecular weight is 331 g/mol. The lowest BCUT2D eigenvalue weighted by molar-refractivity contribution is -0.123. The summed E-state index contributed by atoms with van der Waals surface area (Å²) in [6, 6.07) is 1.73. The molecule has 5 nitrogen and oxygen atoms in total. The number of amides is 2. The first kappa shape index (κ1) is 14.6. The Bertz CT molecular complexity index is 720. The molecule has 4 atom stereocenters. The maximum Gasteiger partial charge on any atom is 0.340 e. The van der Waals surface area contributed by atoms with Gasteiger partial charge in [-0.1, -0.05) is 19.1 Å². The zero-order valence-corrected chi connectivity index (χ0v) is 13.8. The Kier molecular flexibility index (Phi) is 3.20. The summed E-state index contributed by atoms with van der Waals surface area (Å²) in [5.41, 5.74) is 0.316. The molecule has 2 aliphatic carbocycles. The summed E-state index contributed by atoms with van der Waals surface area (Å²) in [6.45, 7) is 1.98. The molecule has 0 spiro atoms. The molecular weight excluding hydrogens is 314 g/mol. The minimum Gasteiger partial charge on any atom is -0.465 e. The normalized spacial score (nSPS) is 31.1. The number of methoxy groups -OCH3 is 1. The number of thiophene rings is 1. The molecule has 0 unspecified atom stereocenters. The molecule has 4 rings (SSSR count). The molecule has 1 aromatic heterocycles. The van der Waals surface area contributed by atoms with Crippen molar-refractivity contribution in [3.63, 3.8) is 0 Å². The van der Waals surface area contributed by atoms with E-state index in [4.69, 9.17) is 4.74 Å². The lowest BCUT2D eigenvalue weighted by atomic mass is 9.85. The van der Waals surface area contributed by atoms with Crippen LogP contribution in [0, 0.1) is 23.7 Å². The molecule has 0 N–H and O–H groups in total. The predicted octanol–water partition coefficient (Wildman–Crippen LogP) is 2.41. The zero-order chi connectivity index (χ0) is 16.3. The van der Waals surface area contributed by atoms with Gasteiger partial charge in [-0.25, -0.2) is 9.69 Å². The molecule has 0 radical (unpaired) electrons. The number of carbonyl (C=O) groups is 3. The summed E-state index contributed by atoms with van der Waals surface area (Å²) in [6.07, 6.45) is 5.76. The quantitative estimate of drug-likeness (QED) is 0.485. The Morgan fingerprint density at radius 1 is 1.26 bits per heavy atom. The van der Waals surface area contributed by atoms with Gasteiger partial charge in [0.1, 0.15) is 5.00 Å². The fourth-order valence-electron chi connectivity index (χ4n) is 4.13. The SMILES string of the molecule is CCc1cc(C(=O)OC)c(N2C(=O)[C@@H]3[C@H](C2=O)[C@@H]2C=C[C@H]3C2)s1. The van der Waals surface area contributed by atoms with Crippen LogP contribution in [0.25, 0.3) is 0 Å². The summed E-state index contributed by atoms with van der Waals surface area (Å²) in [4.78, 5) is 40.0. The standard InChI is InChI=1S/C17H17NO4S/c1-3-10-7-11(17(21)22-2)16(23-10)18-14(19)12-8-4-5-9(6-8)13(12)15(18)20/h4-5,7-9,12-13H,3,6H2,1-2H3/t8-,9+,12-,13+. The number of aryl methyl sites for hydroxylation is 1. The van der Waals surface area contributed by atoms with Crippen molar-refractivity contribution in [1.82, 2.24) is 0 Å². The number of hydrogen-bond donors (Lipinski definition) is 0. The van der Waals surface area contributed by atoms with Crippen LogP contribution in [-0.2, 0) is 20.7 Å². The van der Waals surface area contributed by atoms with Crippen LogP contribution in [0.2, 0.25) is 0 Å². The lowest BCUT2D eigenvalue weighted by Gasteiger charge is -2.16. The van der Waals surface area contributed by atoms with Crippen LogP contribution in [0.15, 0.2) is 18.2 Å². The second-order valence-electron chi connectivity index (χ2n) is 6.29. The molecule has 2 fully saturated rings. The molecule has 1 aromatic rings. The first-order valence-corrected chi connectivity index (χ1v) is 8.65. The Labute approximate surface area is 137 Å². The fourth-order valence-corrected chi connectivity index (χ4v) is 5.22. The van der Waals surface area contributed by atoms with E-state index < -0.39 is 5.97 Å². The Hall–Kier alpha value is -1.95. The molecule has 6 heteroatoms. The number of hydrogen-bond acceptors (Lipinski definition) is 5. The summed E-state index contributed by atoms with van der Waals surface area (Å²) in [5, 5.41) is 0.428. The van der Waals surface area contributed by atoms with E-state index in [1.165, 1.54) is 23.3 Å². The van der Waals surface area contributed by atoms with Gasteiger partial charge in [0.2, 0.25) is 11.8 Å². The predicted molar refractivity (Wildman–Crippen MR) is 85.2 cm³/mol. The highest BCUT2D eigenvalue weighted by molar-refractivity contribution is 7.17. The van der Waals surface area contributed by atoms with E-state index in [1.54, 1.807) is 6.07 Å². The highest BCUT2D eigenvalue weighted by Gasteiger charge is 2.60. The van der Waals surface area contributed by atoms with E-state index in [1.807, 2.05) is 6.92 Å². The third kappa shape index (κ3) is 1.87. The van der Waals surface area contributed by atoms with Crippen molar-refractivity contribution in [3.8, 4) is 0 Å². The number of allylic oxidation sites excluding steroid dienone is 2. The number of esters is 1. The summed E-state index contributed by atoms with van der Waals surface area (Å²) >= 11 is 1.33. The molecule has 120 valence electrons. The number of anilines is 1. The van der Waals surface area contributed by atoms with Crippen LogP contribution in [0.4, 0.5) is 5.00 Å². The molecular formula is C17H17NO4S. The van der Waals surface area contributed by atoms with Crippen LogP contribution in [0.5, 0.6) is 0 Å². The van der Waals surface area contributed by atoms with Crippen molar-refractivity contribution in [2.24, 2.45) is 23.7 Å². The molecule has 2 bridgehead atoms. The maximum atomic E-state index is 12.9. The van der Waals surface area contributed by atoms with Gasteiger partial charge in [0.05, 0.1) is 24.5 Å². The first-order chi connectivity index (χ1) is 11.1. The van der Waals surface area contributed by atoms with E-state index in [9.17, 15) is 14.4 Å². The third-order valence-electron chi connectivity index (χ3n) is 5.19. The van der Waals surface area contributed by atoms with Crippen molar-refractivity contribution >= 4 is 34.1 Å². The first-order valence-electron chi connectivity index (χ1n) is 7.84. The van der Waals surface area contributed by atoms with E-state index in [0.717, 1.165) is 17.7 Å². The number of ether oxygens (including phenoxy) is 1. The number of nitrogens with zero attached hydrogens (tertiary/aromatic N) is 1. The van der Waals surface area contributed by atoms with Crippen LogP contribution < -0.4 is 4.90 Å². The molecule has 3 aliphatic rings. The Morgan fingerprint density at radius 3 is 2.39 bits per heavy atom. The van der Waals surface area contributed by atoms with Gasteiger partial charge in [-0.05, 0) is 30.7 Å². The largest absolute Gasteiger partial charge is 0.465 e. The van der Waals surface area contributed by atoms with Gasteiger partial charge in [-0.15, -0.1) is 11.3 Å². The second kappa shape index (κ2) is 5.03. The average Bonchev–Trinajstić information content (AvgIpc) is 3.29. The fraction of sp³-hybridized carbons (Fsp3) is 0.471. The molecule has 1 saturated heterocycles.